The summed E-state index contributed by atoms with van der Waals surface area (Å²) in [6.07, 6.45) is 4.95. The summed E-state index contributed by atoms with van der Waals surface area (Å²) in [7, 11) is 0. The molecule has 16 heavy (non-hydrogen) atoms. The molecule has 0 bridgehead atoms. The number of benzene rings is 1. The van der Waals surface area contributed by atoms with Gasteiger partial charge in [-0.3, -0.25) is 9.97 Å². The van der Waals surface area contributed by atoms with Crippen LogP contribution in [0.3, 0.4) is 0 Å². The van der Waals surface area contributed by atoms with Gasteiger partial charge in [0.1, 0.15) is 5.82 Å². The number of aromatic nitrogens is 2. The molecule has 0 atom stereocenters. The largest absolute Gasteiger partial charge is 0.307 e. The van der Waals surface area contributed by atoms with Crippen LogP contribution in [0.25, 0.3) is 0 Å². The minimum Gasteiger partial charge on any atom is -0.307 e. The van der Waals surface area contributed by atoms with Crippen LogP contribution in [0.4, 0.5) is 4.39 Å². The lowest BCUT2D eigenvalue weighted by Gasteiger charge is -2.04. The molecular weight excluding hydrogens is 205 g/mol. The number of hydrogen-bond acceptors (Lipinski definition) is 3. The summed E-state index contributed by atoms with van der Waals surface area (Å²) in [4.78, 5) is 8.06. The molecule has 1 aromatic carbocycles. The van der Waals surface area contributed by atoms with E-state index in [0.29, 0.717) is 18.7 Å². The van der Waals surface area contributed by atoms with E-state index in [-0.39, 0.29) is 5.82 Å². The molecule has 3 nitrogen and oxygen atoms in total. The molecule has 1 N–H and O–H groups in total. The van der Waals surface area contributed by atoms with Crippen LogP contribution in [0.5, 0.6) is 0 Å². The smallest absolute Gasteiger partial charge is 0.127 e. The monoisotopic (exact) mass is 217 g/mol. The van der Waals surface area contributed by atoms with Gasteiger partial charge in [0.2, 0.25) is 0 Å². The maximum Gasteiger partial charge on any atom is 0.127 e. The molecule has 2 aromatic rings. The van der Waals surface area contributed by atoms with Gasteiger partial charge in [0.05, 0.1) is 5.69 Å². The van der Waals surface area contributed by atoms with E-state index in [2.05, 4.69) is 15.3 Å². The second kappa shape index (κ2) is 5.32. The molecule has 4 heteroatoms. The molecule has 2 rings (SSSR count). The highest BCUT2D eigenvalue weighted by molar-refractivity contribution is 5.17. The lowest BCUT2D eigenvalue weighted by Crippen LogP contribution is -2.14. The summed E-state index contributed by atoms with van der Waals surface area (Å²) in [6.45, 7) is 1.07. The van der Waals surface area contributed by atoms with Crippen LogP contribution in [-0.2, 0) is 13.1 Å². The molecule has 0 saturated carbocycles. The summed E-state index contributed by atoms with van der Waals surface area (Å²) < 4.78 is 13.2. The highest BCUT2D eigenvalue weighted by Crippen LogP contribution is 2.05. The third-order valence-corrected chi connectivity index (χ3v) is 2.20. The molecule has 0 fully saturated rings. The van der Waals surface area contributed by atoms with E-state index in [1.165, 1.54) is 6.07 Å². The lowest BCUT2D eigenvalue weighted by atomic mass is 10.2. The second-order valence-corrected chi connectivity index (χ2v) is 3.39. The van der Waals surface area contributed by atoms with Crippen LogP contribution in [0, 0.1) is 5.82 Å². The van der Waals surface area contributed by atoms with Crippen LogP contribution in [0.2, 0.25) is 0 Å². The van der Waals surface area contributed by atoms with Crippen molar-refractivity contribution in [1.29, 1.82) is 0 Å². The number of nitrogens with one attached hydrogen (secondary N) is 1. The number of hydrogen-bond donors (Lipinski definition) is 1. The van der Waals surface area contributed by atoms with Crippen molar-refractivity contribution in [1.82, 2.24) is 15.3 Å². The van der Waals surface area contributed by atoms with Crippen molar-refractivity contribution in [3.8, 4) is 0 Å². The zero-order valence-electron chi connectivity index (χ0n) is 8.73. The molecule has 0 aliphatic heterocycles. The van der Waals surface area contributed by atoms with Gasteiger partial charge >= 0.3 is 0 Å². The van der Waals surface area contributed by atoms with Crippen LogP contribution >= 0.6 is 0 Å². The number of rotatable bonds is 4. The molecule has 0 radical (unpaired) electrons. The Labute approximate surface area is 93.4 Å². The fraction of sp³-hybridized carbons (Fsp3) is 0.167. The van der Waals surface area contributed by atoms with E-state index in [4.69, 9.17) is 0 Å². The second-order valence-electron chi connectivity index (χ2n) is 3.39. The Morgan fingerprint density at radius 2 is 2.00 bits per heavy atom. The Morgan fingerprint density at radius 3 is 2.75 bits per heavy atom. The van der Waals surface area contributed by atoms with Crippen molar-refractivity contribution in [3.63, 3.8) is 0 Å². The van der Waals surface area contributed by atoms with E-state index >= 15 is 0 Å². The quantitative estimate of drug-likeness (QED) is 0.850. The van der Waals surface area contributed by atoms with Gasteiger partial charge in [-0.15, -0.1) is 0 Å². The van der Waals surface area contributed by atoms with Crippen molar-refractivity contribution in [2.24, 2.45) is 0 Å². The topological polar surface area (TPSA) is 37.8 Å². The predicted molar refractivity (Wildman–Crippen MR) is 59.0 cm³/mol. The van der Waals surface area contributed by atoms with E-state index < -0.39 is 0 Å². The van der Waals surface area contributed by atoms with E-state index in [0.717, 1.165) is 5.69 Å². The van der Waals surface area contributed by atoms with Crippen molar-refractivity contribution in [2.75, 3.05) is 0 Å². The Bertz CT molecular complexity index is 445. The van der Waals surface area contributed by atoms with Gasteiger partial charge in [-0.05, 0) is 6.07 Å². The maximum absolute atomic E-state index is 13.2. The fourth-order valence-corrected chi connectivity index (χ4v) is 1.39. The van der Waals surface area contributed by atoms with E-state index in [9.17, 15) is 4.39 Å². The van der Waals surface area contributed by atoms with Gasteiger partial charge in [-0.25, -0.2) is 4.39 Å². The average molecular weight is 217 g/mol. The van der Waals surface area contributed by atoms with Gasteiger partial charge in [-0.1, -0.05) is 18.2 Å². The van der Waals surface area contributed by atoms with Crippen LogP contribution in [-0.4, -0.2) is 9.97 Å². The average Bonchev–Trinajstić information content (AvgIpc) is 2.33. The molecule has 0 amide bonds. The first-order chi connectivity index (χ1) is 7.86. The van der Waals surface area contributed by atoms with Crippen molar-refractivity contribution < 1.29 is 4.39 Å². The Kier molecular flexibility index (Phi) is 3.56. The summed E-state index contributed by atoms with van der Waals surface area (Å²) in [5.74, 6) is -0.186. The molecular formula is C12H12FN3. The van der Waals surface area contributed by atoms with E-state index in [1.54, 1.807) is 30.7 Å². The zero-order chi connectivity index (χ0) is 11.2. The van der Waals surface area contributed by atoms with Gasteiger partial charge in [0.25, 0.3) is 0 Å². The van der Waals surface area contributed by atoms with Crippen LogP contribution in [0.15, 0.2) is 42.9 Å². The maximum atomic E-state index is 13.2. The number of halogens is 1. The summed E-state index contributed by atoms with van der Waals surface area (Å²) in [5, 5.41) is 3.12. The summed E-state index contributed by atoms with van der Waals surface area (Å²) in [5.41, 5.74) is 1.50. The minimum atomic E-state index is -0.186. The first-order valence-corrected chi connectivity index (χ1v) is 5.05. The van der Waals surface area contributed by atoms with Crippen LogP contribution in [0.1, 0.15) is 11.3 Å². The Morgan fingerprint density at radius 1 is 1.12 bits per heavy atom. The molecule has 0 aliphatic carbocycles. The lowest BCUT2D eigenvalue weighted by molar-refractivity contribution is 0.585. The molecule has 1 aromatic heterocycles. The van der Waals surface area contributed by atoms with Gasteiger partial charge in [0.15, 0.2) is 0 Å². The fourth-order valence-electron chi connectivity index (χ4n) is 1.39. The molecule has 0 spiro atoms. The Hall–Kier alpha value is -1.81. The third-order valence-electron chi connectivity index (χ3n) is 2.20. The highest BCUT2D eigenvalue weighted by atomic mass is 19.1. The minimum absolute atomic E-state index is 0.186. The first kappa shape index (κ1) is 10.7. The summed E-state index contributed by atoms with van der Waals surface area (Å²) >= 11 is 0. The highest BCUT2D eigenvalue weighted by Gasteiger charge is 1.99. The van der Waals surface area contributed by atoms with Gasteiger partial charge in [-0.2, -0.15) is 0 Å². The SMILES string of the molecule is Fc1ccccc1CNCc1cnccn1. The number of nitrogens with zero attached hydrogens (tertiary/aromatic N) is 2. The molecule has 1 heterocycles. The van der Waals surface area contributed by atoms with Gasteiger partial charge in [0, 0.05) is 37.2 Å². The molecule has 0 unspecified atom stereocenters. The Balaban J connectivity index is 1.87. The van der Waals surface area contributed by atoms with E-state index in [1.807, 2.05) is 6.07 Å². The molecule has 82 valence electrons. The van der Waals surface area contributed by atoms with Gasteiger partial charge < -0.3 is 5.32 Å². The van der Waals surface area contributed by atoms with Crippen molar-refractivity contribution in [2.45, 2.75) is 13.1 Å². The normalized spacial score (nSPS) is 10.3. The van der Waals surface area contributed by atoms with Crippen LogP contribution < -0.4 is 5.32 Å². The zero-order valence-corrected chi connectivity index (χ0v) is 8.73. The predicted octanol–water partition coefficient (Wildman–Crippen LogP) is 1.91. The molecule has 0 aliphatic rings. The third kappa shape index (κ3) is 2.84. The van der Waals surface area contributed by atoms with Crippen molar-refractivity contribution >= 4 is 0 Å². The standard InChI is InChI=1S/C12H12FN3/c13-12-4-2-1-3-10(12)7-15-9-11-8-14-5-6-16-11/h1-6,8,15H,7,9H2. The summed E-state index contributed by atoms with van der Waals surface area (Å²) in [6, 6.07) is 6.72. The van der Waals surface area contributed by atoms with Crippen molar-refractivity contribution in [3.05, 3.63) is 59.9 Å². The first-order valence-electron chi connectivity index (χ1n) is 5.05. The molecule has 0 saturated heterocycles.